The largest absolute Gasteiger partial charge is 0.339 e. The molecular weight excluding hydrogens is 292 g/mol. The Morgan fingerprint density at radius 3 is 2.94 bits per heavy atom. The van der Waals surface area contributed by atoms with Crippen LogP contribution in [-0.4, -0.2) is 28.9 Å². The molecule has 2 unspecified atom stereocenters. The molecular formula is C14H19BrN2O. The number of hydrogen-bond acceptors (Lipinski definition) is 2. The molecule has 1 saturated carbocycles. The predicted octanol–water partition coefficient (Wildman–Crippen LogP) is 3.49. The second-order valence-corrected chi connectivity index (χ2v) is 6.02. The minimum Gasteiger partial charge on any atom is -0.339 e. The Kier molecular flexibility index (Phi) is 4.38. The molecule has 0 radical (unpaired) electrons. The SMILES string of the molecule is CC1CCCC(N(C)C(=O)c2ccnc(Br)c2)C1. The van der Waals surface area contributed by atoms with Crippen LogP contribution < -0.4 is 0 Å². The molecule has 0 saturated heterocycles. The van der Waals surface area contributed by atoms with Crippen LogP contribution in [-0.2, 0) is 0 Å². The summed E-state index contributed by atoms with van der Waals surface area (Å²) in [4.78, 5) is 18.3. The van der Waals surface area contributed by atoms with Crippen LogP contribution in [0.15, 0.2) is 22.9 Å². The molecule has 3 nitrogen and oxygen atoms in total. The highest BCUT2D eigenvalue weighted by molar-refractivity contribution is 9.10. The second-order valence-electron chi connectivity index (χ2n) is 5.21. The molecule has 2 atom stereocenters. The van der Waals surface area contributed by atoms with Crippen LogP contribution in [0.4, 0.5) is 0 Å². The molecule has 1 fully saturated rings. The molecule has 4 heteroatoms. The maximum atomic E-state index is 12.4. The van der Waals surface area contributed by atoms with E-state index in [0.29, 0.717) is 16.2 Å². The van der Waals surface area contributed by atoms with Crippen molar-refractivity contribution in [1.29, 1.82) is 0 Å². The first-order chi connectivity index (χ1) is 8.58. The summed E-state index contributed by atoms with van der Waals surface area (Å²) >= 11 is 3.30. The van der Waals surface area contributed by atoms with Gasteiger partial charge in [0.1, 0.15) is 4.60 Å². The summed E-state index contributed by atoms with van der Waals surface area (Å²) in [6.07, 6.45) is 6.42. The summed E-state index contributed by atoms with van der Waals surface area (Å²) in [5.74, 6) is 0.820. The van der Waals surface area contributed by atoms with Crippen LogP contribution >= 0.6 is 15.9 Å². The van der Waals surface area contributed by atoms with Crippen molar-refractivity contribution in [2.75, 3.05) is 7.05 Å². The van der Waals surface area contributed by atoms with Gasteiger partial charge in [-0.1, -0.05) is 19.8 Å². The van der Waals surface area contributed by atoms with Gasteiger partial charge in [-0.05, 0) is 46.8 Å². The van der Waals surface area contributed by atoms with E-state index in [9.17, 15) is 4.79 Å². The van der Waals surface area contributed by atoms with E-state index in [0.717, 1.165) is 18.8 Å². The van der Waals surface area contributed by atoms with Gasteiger partial charge in [-0.3, -0.25) is 4.79 Å². The van der Waals surface area contributed by atoms with Crippen LogP contribution in [0.1, 0.15) is 43.0 Å². The van der Waals surface area contributed by atoms with Crippen molar-refractivity contribution in [3.8, 4) is 0 Å². The molecule has 1 aromatic heterocycles. The van der Waals surface area contributed by atoms with Gasteiger partial charge < -0.3 is 4.90 Å². The highest BCUT2D eigenvalue weighted by Gasteiger charge is 2.26. The lowest BCUT2D eigenvalue weighted by atomic mass is 9.86. The maximum Gasteiger partial charge on any atom is 0.253 e. The Balaban J connectivity index is 2.08. The number of pyridine rings is 1. The fourth-order valence-corrected chi connectivity index (χ4v) is 3.02. The van der Waals surface area contributed by atoms with E-state index in [4.69, 9.17) is 0 Å². The van der Waals surface area contributed by atoms with Gasteiger partial charge in [0.15, 0.2) is 0 Å². The first-order valence-electron chi connectivity index (χ1n) is 6.46. The van der Waals surface area contributed by atoms with Gasteiger partial charge in [-0.25, -0.2) is 4.98 Å². The van der Waals surface area contributed by atoms with E-state index in [2.05, 4.69) is 27.8 Å². The summed E-state index contributed by atoms with van der Waals surface area (Å²) in [6.45, 7) is 2.27. The molecule has 1 aliphatic carbocycles. The Hall–Kier alpha value is -0.900. The number of nitrogens with zero attached hydrogens (tertiary/aromatic N) is 2. The molecule has 98 valence electrons. The zero-order chi connectivity index (χ0) is 13.1. The average Bonchev–Trinajstić information content (AvgIpc) is 2.37. The van der Waals surface area contributed by atoms with E-state index < -0.39 is 0 Å². The molecule has 0 aromatic carbocycles. The standard InChI is InChI=1S/C14H19BrN2O/c1-10-4-3-5-12(8-10)17(2)14(18)11-6-7-16-13(15)9-11/h6-7,9-10,12H,3-5,8H2,1-2H3. The van der Waals surface area contributed by atoms with E-state index in [1.54, 1.807) is 18.3 Å². The zero-order valence-electron chi connectivity index (χ0n) is 10.9. The summed E-state index contributed by atoms with van der Waals surface area (Å²) in [5.41, 5.74) is 0.706. The fourth-order valence-electron chi connectivity index (χ4n) is 2.66. The molecule has 18 heavy (non-hydrogen) atoms. The predicted molar refractivity (Wildman–Crippen MR) is 75.5 cm³/mol. The molecule has 0 aliphatic heterocycles. The normalized spacial score (nSPS) is 23.7. The van der Waals surface area contributed by atoms with Gasteiger partial charge in [0.05, 0.1) is 0 Å². The molecule has 1 aromatic rings. The van der Waals surface area contributed by atoms with Crippen LogP contribution in [0.25, 0.3) is 0 Å². The molecule has 0 spiro atoms. The highest BCUT2D eigenvalue weighted by Crippen LogP contribution is 2.27. The van der Waals surface area contributed by atoms with E-state index in [-0.39, 0.29) is 5.91 Å². The highest BCUT2D eigenvalue weighted by atomic mass is 79.9. The number of aromatic nitrogens is 1. The number of rotatable bonds is 2. The van der Waals surface area contributed by atoms with Crippen molar-refractivity contribution in [3.63, 3.8) is 0 Å². The molecule has 1 aliphatic rings. The fraction of sp³-hybridized carbons (Fsp3) is 0.571. The minimum atomic E-state index is 0.0946. The quantitative estimate of drug-likeness (QED) is 0.783. The van der Waals surface area contributed by atoms with E-state index >= 15 is 0 Å². The average molecular weight is 311 g/mol. The van der Waals surface area contributed by atoms with Crippen molar-refractivity contribution in [2.45, 2.75) is 38.6 Å². The van der Waals surface area contributed by atoms with Gasteiger partial charge in [0, 0.05) is 24.8 Å². The zero-order valence-corrected chi connectivity index (χ0v) is 12.5. The maximum absolute atomic E-state index is 12.4. The first kappa shape index (κ1) is 13.5. The topological polar surface area (TPSA) is 33.2 Å². The smallest absolute Gasteiger partial charge is 0.253 e. The number of carbonyl (C=O) groups is 1. The number of amides is 1. The van der Waals surface area contributed by atoms with Gasteiger partial charge in [0.2, 0.25) is 0 Å². The van der Waals surface area contributed by atoms with Gasteiger partial charge in [0.25, 0.3) is 5.91 Å². The van der Waals surface area contributed by atoms with E-state index in [1.807, 2.05) is 11.9 Å². The Bertz CT molecular complexity index is 436. The van der Waals surface area contributed by atoms with Crippen LogP contribution in [0.2, 0.25) is 0 Å². The second kappa shape index (κ2) is 5.83. The first-order valence-corrected chi connectivity index (χ1v) is 7.26. The lowest BCUT2D eigenvalue weighted by Crippen LogP contribution is -2.39. The van der Waals surface area contributed by atoms with Gasteiger partial charge in [-0.2, -0.15) is 0 Å². The van der Waals surface area contributed by atoms with Gasteiger partial charge in [-0.15, -0.1) is 0 Å². The Morgan fingerprint density at radius 1 is 1.50 bits per heavy atom. The lowest BCUT2D eigenvalue weighted by molar-refractivity contribution is 0.0672. The van der Waals surface area contributed by atoms with Crippen molar-refractivity contribution in [3.05, 3.63) is 28.5 Å². The number of hydrogen-bond donors (Lipinski definition) is 0. The monoisotopic (exact) mass is 310 g/mol. The summed E-state index contributed by atoms with van der Waals surface area (Å²) in [5, 5.41) is 0. The molecule has 0 bridgehead atoms. The van der Waals surface area contributed by atoms with E-state index in [1.165, 1.54) is 12.8 Å². The number of carbonyl (C=O) groups excluding carboxylic acids is 1. The molecule has 2 rings (SSSR count). The van der Waals surface area contributed by atoms with Crippen molar-refractivity contribution in [1.82, 2.24) is 9.88 Å². The van der Waals surface area contributed by atoms with Crippen molar-refractivity contribution >= 4 is 21.8 Å². The lowest BCUT2D eigenvalue weighted by Gasteiger charge is -2.34. The third kappa shape index (κ3) is 3.10. The Morgan fingerprint density at radius 2 is 2.28 bits per heavy atom. The molecule has 1 heterocycles. The van der Waals surface area contributed by atoms with Crippen LogP contribution in [0, 0.1) is 5.92 Å². The summed E-state index contributed by atoms with van der Waals surface area (Å²) < 4.78 is 0.707. The van der Waals surface area contributed by atoms with Crippen molar-refractivity contribution in [2.24, 2.45) is 5.92 Å². The number of halogens is 1. The summed E-state index contributed by atoms with van der Waals surface area (Å²) in [7, 11) is 1.92. The Labute approximate surface area is 117 Å². The molecule has 0 N–H and O–H groups in total. The van der Waals surface area contributed by atoms with Crippen LogP contribution in [0.5, 0.6) is 0 Å². The third-order valence-electron chi connectivity index (χ3n) is 3.75. The van der Waals surface area contributed by atoms with Gasteiger partial charge >= 0.3 is 0 Å². The minimum absolute atomic E-state index is 0.0946. The van der Waals surface area contributed by atoms with Crippen LogP contribution in [0.3, 0.4) is 0 Å². The molecule has 1 amide bonds. The van der Waals surface area contributed by atoms with Crippen molar-refractivity contribution < 1.29 is 4.79 Å². The third-order valence-corrected chi connectivity index (χ3v) is 4.18. The summed E-state index contributed by atoms with van der Waals surface area (Å²) in [6, 6.07) is 3.94.